The van der Waals surface area contributed by atoms with E-state index in [2.05, 4.69) is 0 Å². The Morgan fingerprint density at radius 1 is 0.933 bits per heavy atom. The van der Waals surface area contributed by atoms with Crippen LogP contribution in [0.15, 0.2) is 12.1 Å². The Kier molecular flexibility index (Phi) is 8.16. The number of hydrogen-bond acceptors (Lipinski definition) is 4. The number of hydrogen-bond donors (Lipinski definition) is 4. The first-order valence-corrected chi connectivity index (χ1v) is 11.1. The van der Waals surface area contributed by atoms with Crippen LogP contribution in [0.4, 0.5) is 0 Å². The number of aryl methyl sites for hydroxylation is 1. The molecule has 0 amide bonds. The summed E-state index contributed by atoms with van der Waals surface area (Å²) in [7, 11) is 0. The van der Waals surface area contributed by atoms with Gasteiger partial charge in [-0.2, -0.15) is 0 Å². The molecule has 168 valence electrons. The Balaban J connectivity index is 1.80. The SMILES string of the molecule is CC(C)(CCCCCc1c(O)cc(O)cc1CCCCCC1(C(=O)O)CC1)C(=O)O. The molecule has 1 saturated carbocycles. The van der Waals surface area contributed by atoms with Crippen LogP contribution in [-0.4, -0.2) is 32.4 Å². The van der Waals surface area contributed by atoms with Gasteiger partial charge in [0.05, 0.1) is 10.8 Å². The second-order valence-corrected chi connectivity index (χ2v) is 9.50. The number of phenolic OH excluding ortho intramolecular Hbond substituents is 2. The van der Waals surface area contributed by atoms with Gasteiger partial charge >= 0.3 is 11.9 Å². The van der Waals surface area contributed by atoms with Crippen molar-refractivity contribution in [3.63, 3.8) is 0 Å². The fourth-order valence-electron chi connectivity index (χ4n) is 4.04. The highest BCUT2D eigenvalue weighted by molar-refractivity contribution is 5.77. The zero-order valence-electron chi connectivity index (χ0n) is 18.2. The van der Waals surface area contributed by atoms with Crippen LogP contribution in [-0.2, 0) is 22.4 Å². The van der Waals surface area contributed by atoms with Crippen molar-refractivity contribution in [2.45, 2.75) is 90.9 Å². The maximum atomic E-state index is 11.2. The van der Waals surface area contributed by atoms with Gasteiger partial charge in [0.2, 0.25) is 0 Å². The first-order valence-electron chi connectivity index (χ1n) is 11.1. The van der Waals surface area contributed by atoms with Crippen molar-refractivity contribution in [2.24, 2.45) is 10.8 Å². The Hall–Kier alpha value is -2.24. The monoisotopic (exact) mass is 420 g/mol. The summed E-state index contributed by atoms with van der Waals surface area (Å²) in [5.74, 6) is -1.29. The van der Waals surface area contributed by atoms with E-state index in [0.717, 1.165) is 75.3 Å². The number of carboxylic acid groups (broad SMARTS) is 2. The number of carbonyl (C=O) groups is 2. The molecule has 1 aromatic carbocycles. The maximum Gasteiger partial charge on any atom is 0.309 e. The second kappa shape index (κ2) is 10.2. The van der Waals surface area contributed by atoms with Gasteiger partial charge < -0.3 is 20.4 Å². The number of rotatable bonds is 14. The molecule has 6 heteroatoms. The lowest BCUT2D eigenvalue weighted by Crippen LogP contribution is -2.23. The molecule has 2 rings (SSSR count). The maximum absolute atomic E-state index is 11.2. The summed E-state index contributed by atoms with van der Waals surface area (Å²) in [5.41, 5.74) is 0.613. The topological polar surface area (TPSA) is 115 Å². The van der Waals surface area contributed by atoms with Crippen molar-refractivity contribution in [1.29, 1.82) is 0 Å². The van der Waals surface area contributed by atoms with E-state index in [9.17, 15) is 30.0 Å². The zero-order chi connectivity index (χ0) is 22.4. The van der Waals surface area contributed by atoms with E-state index in [1.807, 2.05) is 0 Å². The normalized spacial score (nSPS) is 15.1. The Bertz CT molecular complexity index is 748. The van der Waals surface area contributed by atoms with Crippen molar-refractivity contribution >= 4 is 11.9 Å². The van der Waals surface area contributed by atoms with Gasteiger partial charge in [-0.25, -0.2) is 0 Å². The molecule has 1 fully saturated rings. The second-order valence-electron chi connectivity index (χ2n) is 9.50. The van der Waals surface area contributed by atoms with Crippen LogP contribution in [0.25, 0.3) is 0 Å². The summed E-state index contributed by atoms with van der Waals surface area (Å²) in [5, 5.41) is 38.6. The molecule has 1 aliphatic rings. The summed E-state index contributed by atoms with van der Waals surface area (Å²) >= 11 is 0. The molecule has 6 nitrogen and oxygen atoms in total. The first kappa shape index (κ1) is 24.0. The first-order chi connectivity index (χ1) is 14.1. The molecular formula is C24H36O6. The minimum absolute atomic E-state index is 0.0530. The molecule has 0 atom stereocenters. The van der Waals surface area contributed by atoms with E-state index < -0.39 is 22.8 Å². The highest BCUT2D eigenvalue weighted by Gasteiger charge is 2.49. The third-order valence-corrected chi connectivity index (χ3v) is 6.52. The van der Waals surface area contributed by atoms with Gasteiger partial charge in [0, 0.05) is 6.07 Å². The fourth-order valence-corrected chi connectivity index (χ4v) is 4.04. The van der Waals surface area contributed by atoms with Gasteiger partial charge in [-0.15, -0.1) is 0 Å². The van der Waals surface area contributed by atoms with Crippen LogP contribution in [0, 0.1) is 10.8 Å². The minimum Gasteiger partial charge on any atom is -0.508 e. The van der Waals surface area contributed by atoms with E-state index in [1.54, 1.807) is 19.9 Å². The van der Waals surface area contributed by atoms with Crippen LogP contribution >= 0.6 is 0 Å². The van der Waals surface area contributed by atoms with Crippen LogP contribution < -0.4 is 0 Å². The predicted molar refractivity (Wildman–Crippen MR) is 115 cm³/mol. The molecule has 1 aliphatic carbocycles. The molecule has 4 N–H and O–H groups in total. The number of unbranched alkanes of at least 4 members (excludes halogenated alkanes) is 4. The number of aromatic hydroxyl groups is 2. The van der Waals surface area contributed by atoms with Crippen molar-refractivity contribution < 1.29 is 30.0 Å². The van der Waals surface area contributed by atoms with E-state index in [-0.39, 0.29) is 11.5 Å². The Morgan fingerprint density at radius 2 is 1.57 bits per heavy atom. The highest BCUT2D eigenvalue weighted by Crippen LogP contribution is 2.50. The molecular weight excluding hydrogens is 384 g/mol. The smallest absolute Gasteiger partial charge is 0.309 e. The molecule has 0 heterocycles. The third-order valence-electron chi connectivity index (χ3n) is 6.52. The van der Waals surface area contributed by atoms with Gasteiger partial charge in [0.1, 0.15) is 11.5 Å². The summed E-state index contributed by atoms with van der Waals surface area (Å²) in [6.45, 7) is 3.47. The molecule has 0 saturated heterocycles. The van der Waals surface area contributed by atoms with Crippen LogP contribution in [0.1, 0.15) is 89.2 Å². The van der Waals surface area contributed by atoms with Crippen molar-refractivity contribution in [3.05, 3.63) is 23.3 Å². The van der Waals surface area contributed by atoms with E-state index in [1.165, 1.54) is 6.07 Å². The molecule has 1 aromatic rings. The van der Waals surface area contributed by atoms with E-state index in [0.29, 0.717) is 12.8 Å². The lowest BCUT2D eigenvalue weighted by Gasteiger charge is -2.18. The summed E-state index contributed by atoms with van der Waals surface area (Å²) in [4.78, 5) is 22.4. The van der Waals surface area contributed by atoms with Crippen molar-refractivity contribution in [1.82, 2.24) is 0 Å². The quantitative estimate of drug-likeness (QED) is 0.304. The van der Waals surface area contributed by atoms with Crippen LogP contribution in [0.3, 0.4) is 0 Å². The van der Waals surface area contributed by atoms with Crippen LogP contribution in [0.2, 0.25) is 0 Å². The predicted octanol–water partition coefficient (Wildman–Crippen LogP) is 5.28. The number of aliphatic carboxylic acids is 2. The van der Waals surface area contributed by atoms with E-state index in [4.69, 9.17) is 0 Å². The summed E-state index contributed by atoms with van der Waals surface area (Å²) < 4.78 is 0. The Morgan fingerprint density at radius 3 is 2.17 bits per heavy atom. The van der Waals surface area contributed by atoms with Gasteiger partial charge in [-0.05, 0) is 82.4 Å². The molecule has 0 spiro atoms. The largest absolute Gasteiger partial charge is 0.508 e. The average molecular weight is 421 g/mol. The average Bonchev–Trinajstić information content (AvgIpc) is 3.44. The number of benzene rings is 1. The summed E-state index contributed by atoms with van der Waals surface area (Å²) in [6.07, 6.45) is 9.60. The highest BCUT2D eigenvalue weighted by atomic mass is 16.4. The lowest BCUT2D eigenvalue weighted by atomic mass is 9.86. The standard InChI is InChI=1S/C24H36O6/c1-23(2,21(27)28)11-7-4-6-10-19-17(15-18(25)16-20(19)26)9-5-3-8-12-24(13-14-24)22(29)30/h15-16,25-26H,3-14H2,1-2H3,(H,27,28)(H,29,30). The Labute approximate surface area is 178 Å². The van der Waals surface area contributed by atoms with Gasteiger partial charge in [-0.3, -0.25) is 9.59 Å². The molecule has 0 aliphatic heterocycles. The third kappa shape index (κ3) is 6.64. The minimum atomic E-state index is -0.781. The van der Waals surface area contributed by atoms with Gasteiger partial charge in [0.15, 0.2) is 0 Å². The molecule has 0 unspecified atom stereocenters. The molecule has 30 heavy (non-hydrogen) atoms. The van der Waals surface area contributed by atoms with Crippen LogP contribution in [0.5, 0.6) is 11.5 Å². The van der Waals surface area contributed by atoms with Crippen molar-refractivity contribution in [3.8, 4) is 11.5 Å². The van der Waals surface area contributed by atoms with Crippen molar-refractivity contribution in [2.75, 3.05) is 0 Å². The zero-order valence-corrected chi connectivity index (χ0v) is 18.2. The van der Waals surface area contributed by atoms with Gasteiger partial charge in [-0.1, -0.05) is 25.7 Å². The van der Waals surface area contributed by atoms with Gasteiger partial charge in [0.25, 0.3) is 0 Å². The summed E-state index contributed by atoms with van der Waals surface area (Å²) in [6, 6.07) is 3.08. The molecule has 0 radical (unpaired) electrons. The number of carboxylic acids is 2. The molecule has 0 bridgehead atoms. The number of phenols is 2. The lowest BCUT2D eigenvalue weighted by molar-refractivity contribution is -0.147. The molecule has 0 aromatic heterocycles. The fraction of sp³-hybridized carbons (Fsp3) is 0.667. The van der Waals surface area contributed by atoms with E-state index >= 15 is 0 Å².